The zero-order valence-electron chi connectivity index (χ0n) is 17.9. The van der Waals surface area contributed by atoms with E-state index in [0.717, 1.165) is 56.9 Å². The summed E-state index contributed by atoms with van der Waals surface area (Å²) in [6.07, 6.45) is 10.9. The van der Waals surface area contributed by atoms with Crippen LogP contribution in [-0.2, 0) is 0 Å². The van der Waals surface area contributed by atoms with Gasteiger partial charge in [-0.25, -0.2) is 0 Å². The molecule has 1 fully saturated rings. The van der Waals surface area contributed by atoms with Crippen molar-refractivity contribution in [3.05, 3.63) is 84.6 Å². The molecule has 156 valence electrons. The SMILES string of the molecule is C=CNc1cc(NCC2=CCCC=C2)ccc1N1CCN(c2ccccc2C)CC1. The number of hydrogen-bond acceptors (Lipinski definition) is 4. The molecule has 30 heavy (non-hydrogen) atoms. The first-order valence-corrected chi connectivity index (χ1v) is 10.9. The number of benzene rings is 2. The molecule has 0 bridgehead atoms. The van der Waals surface area contributed by atoms with Gasteiger partial charge in [0.25, 0.3) is 0 Å². The second kappa shape index (κ2) is 9.57. The summed E-state index contributed by atoms with van der Waals surface area (Å²) in [5.41, 5.74) is 7.53. The molecule has 1 aliphatic heterocycles. The van der Waals surface area contributed by atoms with Gasteiger partial charge in [0.15, 0.2) is 0 Å². The second-order valence-corrected chi connectivity index (χ2v) is 7.95. The Hall–Kier alpha value is -3.14. The molecule has 0 aromatic heterocycles. The van der Waals surface area contributed by atoms with E-state index >= 15 is 0 Å². The number of rotatable bonds is 7. The van der Waals surface area contributed by atoms with Gasteiger partial charge < -0.3 is 20.4 Å². The van der Waals surface area contributed by atoms with Gasteiger partial charge in [0, 0.05) is 44.1 Å². The summed E-state index contributed by atoms with van der Waals surface area (Å²) >= 11 is 0. The fourth-order valence-electron chi connectivity index (χ4n) is 4.26. The van der Waals surface area contributed by atoms with Gasteiger partial charge in [0.05, 0.1) is 11.4 Å². The van der Waals surface area contributed by atoms with E-state index in [4.69, 9.17) is 0 Å². The van der Waals surface area contributed by atoms with Crippen LogP contribution in [0.5, 0.6) is 0 Å². The zero-order valence-corrected chi connectivity index (χ0v) is 17.9. The van der Waals surface area contributed by atoms with Crippen molar-refractivity contribution in [2.45, 2.75) is 19.8 Å². The zero-order chi connectivity index (χ0) is 20.8. The minimum atomic E-state index is 0.860. The molecular weight excluding hydrogens is 368 g/mol. The molecule has 1 heterocycles. The first-order valence-electron chi connectivity index (χ1n) is 10.9. The number of nitrogens with one attached hydrogen (secondary N) is 2. The molecule has 2 aromatic rings. The Morgan fingerprint density at radius 2 is 1.73 bits per heavy atom. The maximum absolute atomic E-state index is 3.88. The topological polar surface area (TPSA) is 30.5 Å². The summed E-state index contributed by atoms with van der Waals surface area (Å²) < 4.78 is 0. The molecule has 0 unspecified atom stereocenters. The first kappa shape index (κ1) is 20.1. The normalized spacial score (nSPS) is 16.2. The molecule has 2 N–H and O–H groups in total. The highest BCUT2D eigenvalue weighted by Crippen LogP contribution is 2.31. The Kier molecular flexibility index (Phi) is 6.43. The quantitative estimate of drug-likeness (QED) is 0.636. The Morgan fingerprint density at radius 1 is 0.967 bits per heavy atom. The highest BCUT2D eigenvalue weighted by molar-refractivity contribution is 5.76. The third-order valence-electron chi connectivity index (χ3n) is 5.90. The number of aryl methyl sites for hydroxylation is 1. The summed E-state index contributed by atoms with van der Waals surface area (Å²) in [4.78, 5) is 4.96. The van der Waals surface area contributed by atoms with Crippen molar-refractivity contribution in [2.75, 3.05) is 53.2 Å². The van der Waals surface area contributed by atoms with Gasteiger partial charge in [0.1, 0.15) is 0 Å². The third-order valence-corrected chi connectivity index (χ3v) is 5.90. The predicted molar refractivity (Wildman–Crippen MR) is 131 cm³/mol. The largest absolute Gasteiger partial charge is 0.381 e. The molecule has 0 radical (unpaired) electrons. The number of piperazine rings is 1. The minimum absolute atomic E-state index is 0.860. The predicted octanol–water partition coefficient (Wildman–Crippen LogP) is 5.57. The highest BCUT2D eigenvalue weighted by atomic mass is 15.3. The molecule has 1 aliphatic carbocycles. The van der Waals surface area contributed by atoms with Gasteiger partial charge in [-0.2, -0.15) is 0 Å². The van der Waals surface area contributed by atoms with Crippen LogP contribution in [0.2, 0.25) is 0 Å². The number of allylic oxidation sites excluding steroid dienone is 2. The van der Waals surface area contributed by atoms with Crippen LogP contribution in [0.1, 0.15) is 18.4 Å². The van der Waals surface area contributed by atoms with Gasteiger partial charge in [-0.15, -0.1) is 0 Å². The Bertz CT molecular complexity index is 936. The average molecular weight is 401 g/mol. The van der Waals surface area contributed by atoms with E-state index in [0.29, 0.717) is 0 Å². The lowest BCUT2D eigenvalue weighted by molar-refractivity contribution is 0.653. The molecule has 2 aromatic carbocycles. The highest BCUT2D eigenvalue weighted by Gasteiger charge is 2.20. The Balaban J connectivity index is 1.43. The van der Waals surface area contributed by atoms with Gasteiger partial charge in [-0.3, -0.25) is 0 Å². The van der Waals surface area contributed by atoms with Gasteiger partial charge in [-0.05, 0) is 61.4 Å². The van der Waals surface area contributed by atoms with Gasteiger partial charge in [-0.1, -0.05) is 43.0 Å². The number of para-hydroxylation sites is 1. The summed E-state index contributed by atoms with van der Waals surface area (Å²) in [6.45, 7) is 11.0. The van der Waals surface area contributed by atoms with Crippen molar-refractivity contribution in [3.63, 3.8) is 0 Å². The van der Waals surface area contributed by atoms with Crippen molar-refractivity contribution >= 4 is 22.7 Å². The number of anilines is 4. The lowest BCUT2D eigenvalue weighted by Gasteiger charge is -2.38. The lowest BCUT2D eigenvalue weighted by Crippen LogP contribution is -2.46. The van der Waals surface area contributed by atoms with Crippen molar-refractivity contribution in [3.8, 4) is 0 Å². The van der Waals surface area contributed by atoms with Gasteiger partial charge in [0.2, 0.25) is 0 Å². The molecule has 0 saturated carbocycles. The molecule has 0 spiro atoms. The monoisotopic (exact) mass is 400 g/mol. The van der Waals surface area contributed by atoms with Crippen molar-refractivity contribution in [2.24, 2.45) is 0 Å². The van der Waals surface area contributed by atoms with E-state index < -0.39 is 0 Å². The van der Waals surface area contributed by atoms with Crippen LogP contribution in [0.25, 0.3) is 0 Å². The van der Waals surface area contributed by atoms with Crippen molar-refractivity contribution < 1.29 is 0 Å². The van der Waals surface area contributed by atoms with E-state index in [1.807, 2.05) is 0 Å². The van der Waals surface area contributed by atoms with E-state index in [-0.39, 0.29) is 0 Å². The third kappa shape index (κ3) is 4.70. The molecule has 0 amide bonds. The smallest absolute Gasteiger partial charge is 0.0638 e. The van der Waals surface area contributed by atoms with Crippen LogP contribution in [0.4, 0.5) is 22.7 Å². The number of hydrogen-bond donors (Lipinski definition) is 2. The first-order chi connectivity index (χ1) is 14.7. The minimum Gasteiger partial charge on any atom is -0.381 e. The molecular formula is C26H32N4. The average Bonchev–Trinajstić information content (AvgIpc) is 2.79. The second-order valence-electron chi connectivity index (χ2n) is 7.95. The van der Waals surface area contributed by atoms with Crippen LogP contribution < -0.4 is 20.4 Å². The van der Waals surface area contributed by atoms with E-state index in [9.17, 15) is 0 Å². The van der Waals surface area contributed by atoms with Crippen LogP contribution >= 0.6 is 0 Å². The number of nitrogens with zero attached hydrogens (tertiary/aromatic N) is 2. The van der Waals surface area contributed by atoms with Crippen molar-refractivity contribution in [1.82, 2.24) is 0 Å². The van der Waals surface area contributed by atoms with Crippen LogP contribution in [-0.4, -0.2) is 32.7 Å². The summed E-state index contributed by atoms with van der Waals surface area (Å²) in [6, 6.07) is 15.3. The van der Waals surface area contributed by atoms with E-state index in [2.05, 4.69) is 94.6 Å². The summed E-state index contributed by atoms with van der Waals surface area (Å²) in [7, 11) is 0. The van der Waals surface area contributed by atoms with Crippen LogP contribution in [0.15, 0.2) is 79.0 Å². The van der Waals surface area contributed by atoms with Crippen LogP contribution in [0.3, 0.4) is 0 Å². The molecule has 1 saturated heterocycles. The summed E-state index contributed by atoms with van der Waals surface area (Å²) in [5, 5.41) is 6.90. The van der Waals surface area contributed by atoms with Crippen LogP contribution in [0, 0.1) is 6.92 Å². The van der Waals surface area contributed by atoms with Gasteiger partial charge >= 0.3 is 0 Å². The molecule has 4 nitrogen and oxygen atoms in total. The standard InChI is InChI=1S/C26H32N4/c1-3-27-24-19-23(28-20-22-10-5-4-6-11-22)13-14-26(24)30-17-15-29(16-18-30)25-12-8-7-9-21(25)2/h3,5,7-14,19,27-28H,1,4,6,15-18,20H2,2H3. The van der Waals surface area contributed by atoms with E-state index in [1.54, 1.807) is 6.20 Å². The lowest BCUT2D eigenvalue weighted by atomic mass is 10.1. The maximum Gasteiger partial charge on any atom is 0.0638 e. The Morgan fingerprint density at radius 3 is 2.43 bits per heavy atom. The molecule has 0 atom stereocenters. The molecule has 2 aliphatic rings. The van der Waals surface area contributed by atoms with E-state index in [1.165, 1.54) is 22.5 Å². The fourth-order valence-corrected chi connectivity index (χ4v) is 4.26. The Labute approximate surface area is 180 Å². The molecule has 4 heteroatoms. The molecule has 4 rings (SSSR count). The fraction of sp³-hybridized carbons (Fsp3) is 0.308. The van der Waals surface area contributed by atoms with Crippen molar-refractivity contribution in [1.29, 1.82) is 0 Å². The maximum atomic E-state index is 3.88. The summed E-state index contributed by atoms with van der Waals surface area (Å²) in [5.74, 6) is 0.